The molecule has 8 nitrogen and oxygen atoms in total. The molecule has 1 heterocycles. The maximum Gasteiger partial charge on any atom is 0.335 e. The largest absolute Gasteiger partial charge is 0.466 e. The van der Waals surface area contributed by atoms with Gasteiger partial charge in [0.2, 0.25) is 0 Å². The van der Waals surface area contributed by atoms with E-state index in [1.165, 1.54) is 103 Å². The van der Waals surface area contributed by atoms with Crippen LogP contribution in [-0.2, 0) is 33.3 Å². The molecule has 348 valence electrons. The summed E-state index contributed by atoms with van der Waals surface area (Å²) in [6, 6.07) is 0.334. The minimum absolute atomic E-state index is 0.0473. The highest BCUT2D eigenvalue weighted by atomic mass is 16.6. The van der Waals surface area contributed by atoms with Gasteiger partial charge in [-0.15, -0.1) is 0 Å². The van der Waals surface area contributed by atoms with E-state index in [-0.39, 0.29) is 24.0 Å². The van der Waals surface area contributed by atoms with Crippen LogP contribution in [0.3, 0.4) is 0 Å². The Balaban J connectivity index is 2.39. The standard InChI is InChI=1S/C51H97NO7/c1-7-11-21-29-44(30-22-12-8-2)37-40-57-49(53)35-27-19-15-17-25-33-47(59-51(55)48-43-46(52(5)6)39-42-56-48)34-26-18-16-20-28-36-50(54)58-41-38-45(31-23-13-9-3)32-24-14-10-4/h44-48H,7-43H2,1-6H3. The molecule has 1 aliphatic rings. The number of carbonyl (C=O) groups excluding carboxylic acids is 3. The highest BCUT2D eigenvalue weighted by molar-refractivity contribution is 5.75. The van der Waals surface area contributed by atoms with E-state index < -0.39 is 6.10 Å². The molecule has 2 atom stereocenters. The Kier molecular flexibility index (Phi) is 36.8. The smallest absolute Gasteiger partial charge is 0.335 e. The molecule has 0 aromatic heterocycles. The fourth-order valence-corrected chi connectivity index (χ4v) is 8.68. The van der Waals surface area contributed by atoms with E-state index in [1.54, 1.807) is 0 Å². The van der Waals surface area contributed by atoms with Gasteiger partial charge in [0, 0.05) is 25.5 Å². The maximum absolute atomic E-state index is 13.3. The van der Waals surface area contributed by atoms with Crippen molar-refractivity contribution in [3.8, 4) is 0 Å². The van der Waals surface area contributed by atoms with Gasteiger partial charge in [-0.05, 0) is 90.1 Å². The van der Waals surface area contributed by atoms with Gasteiger partial charge in [0.15, 0.2) is 6.10 Å². The SMILES string of the molecule is CCCCCC(CCCCC)CCOC(=O)CCCCCCCC(CCCCCCCC(=O)OCCC(CCCCC)CCCCC)OC(=O)C1CC(N(C)C)CCO1. The summed E-state index contributed by atoms with van der Waals surface area (Å²) in [7, 11) is 4.13. The van der Waals surface area contributed by atoms with Crippen LogP contribution in [0.1, 0.15) is 246 Å². The van der Waals surface area contributed by atoms with E-state index in [0.717, 1.165) is 96.3 Å². The van der Waals surface area contributed by atoms with Gasteiger partial charge < -0.3 is 23.8 Å². The van der Waals surface area contributed by atoms with E-state index in [1.807, 2.05) is 0 Å². The van der Waals surface area contributed by atoms with Gasteiger partial charge in [-0.3, -0.25) is 9.59 Å². The van der Waals surface area contributed by atoms with E-state index in [9.17, 15) is 14.4 Å². The van der Waals surface area contributed by atoms with Crippen molar-refractivity contribution in [2.75, 3.05) is 33.9 Å². The van der Waals surface area contributed by atoms with Gasteiger partial charge >= 0.3 is 17.9 Å². The number of esters is 3. The summed E-state index contributed by atoms with van der Waals surface area (Å²) >= 11 is 0. The van der Waals surface area contributed by atoms with Gasteiger partial charge in [0.1, 0.15) is 6.10 Å². The number of hydrogen-bond acceptors (Lipinski definition) is 8. The molecule has 1 saturated heterocycles. The second-order valence-corrected chi connectivity index (χ2v) is 18.4. The van der Waals surface area contributed by atoms with Gasteiger partial charge in [0.05, 0.1) is 13.2 Å². The molecular formula is C51H97NO7. The quantitative estimate of drug-likeness (QED) is 0.0342. The first-order valence-electron chi connectivity index (χ1n) is 25.5. The summed E-state index contributed by atoms with van der Waals surface area (Å²) in [5, 5.41) is 0. The number of unbranched alkanes of at least 4 members (excludes halogenated alkanes) is 16. The molecule has 0 amide bonds. The van der Waals surface area contributed by atoms with Gasteiger partial charge in [0.25, 0.3) is 0 Å². The highest BCUT2D eigenvalue weighted by Crippen LogP contribution is 2.24. The predicted molar refractivity (Wildman–Crippen MR) is 246 cm³/mol. The third-order valence-electron chi connectivity index (χ3n) is 12.8. The molecule has 0 bridgehead atoms. The summed E-state index contributed by atoms with van der Waals surface area (Å²) in [6.45, 7) is 10.7. The Morgan fingerprint density at radius 1 is 0.525 bits per heavy atom. The molecule has 0 spiro atoms. The number of ether oxygens (including phenoxy) is 4. The summed E-state index contributed by atoms with van der Waals surface area (Å²) < 4.78 is 23.3. The monoisotopic (exact) mass is 836 g/mol. The first kappa shape index (κ1) is 55.3. The van der Waals surface area contributed by atoms with Crippen LogP contribution in [0.4, 0.5) is 0 Å². The lowest BCUT2D eigenvalue weighted by Gasteiger charge is -2.33. The van der Waals surface area contributed by atoms with Crippen LogP contribution in [0.2, 0.25) is 0 Å². The van der Waals surface area contributed by atoms with E-state index in [0.29, 0.717) is 57.0 Å². The molecule has 0 aromatic carbocycles. The maximum atomic E-state index is 13.3. The third-order valence-corrected chi connectivity index (χ3v) is 12.8. The van der Waals surface area contributed by atoms with Crippen molar-refractivity contribution < 1.29 is 33.3 Å². The zero-order valence-corrected chi connectivity index (χ0v) is 39.9. The van der Waals surface area contributed by atoms with Gasteiger partial charge in [-0.1, -0.05) is 169 Å². The minimum Gasteiger partial charge on any atom is -0.466 e. The zero-order valence-electron chi connectivity index (χ0n) is 39.9. The average Bonchev–Trinajstić information content (AvgIpc) is 3.22. The summed E-state index contributed by atoms with van der Waals surface area (Å²) in [6.07, 6.45) is 36.2. The first-order valence-corrected chi connectivity index (χ1v) is 25.5. The Hall–Kier alpha value is -1.67. The highest BCUT2D eigenvalue weighted by Gasteiger charge is 2.31. The molecule has 8 heteroatoms. The number of carbonyl (C=O) groups is 3. The van der Waals surface area contributed by atoms with Crippen LogP contribution in [0.15, 0.2) is 0 Å². The molecule has 1 fully saturated rings. The topological polar surface area (TPSA) is 91.4 Å². The molecule has 0 radical (unpaired) electrons. The van der Waals surface area contributed by atoms with Crippen LogP contribution in [-0.4, -0.2) is 75.0 Å². The molecule has 59 heavy (non-hydrogen) atoms. The second kappa shape index (κ2) is 39.2. The zero-order chi connectivity index (χ0) is 43.2. The molecular weight excluding hydrogens is 739 g/mol. The second-order valence-electron chi connectivity index (χ2n) is 18.4. The Labute approximate surface area is 365 Å². The van der Waals surface area contributed by atoms with E-state index >= 15 is 0 Å². The molecule has 0 saturated carbocycles. The van der Waals surface area contributed by atoms with Crippen LogP contribution in [0.5, 0.6) is 0 Å². The molecule has 1 aliphatic heterocycles. The first-order chi connectivity index (χ1) is 28.7. The summed E-state index contributed by atoms with van der Waals surface area (Å²) in [5.74, 6) is 1.07. The number of hydrogen-bond donors (Lipinski definition) is 0. The van der Waals surface area contributed by atoms with Crippen molar-refractivity contribution >= 4 is 17.9 Å². The van der Waals surface area contributed by atoms with Crippen LogP contribution in [0.25, 0.3) is 0 Å². The molecule has 1 rings (SSSR count). The lowest BCUT2D eigenvalue weighted by atomic mass is 9.92. The van der Waals surface area contributed by atoms with E-state index in [4.69, 9.17) is 18.9 Å². The summed E-state index contributed by atoms with van der Waals surface area (Å²) in [5.41, 5.74) is 0. The van der Waals surface area contributed by atoms with Crippen molar-refractivity contribution in [1.29, 1.82) is 0 Å². The van der Waals surface area contributed by atoms with Crippen molar-refractivity contribution in [2.45, 2.75) is 264 Å². The Bertz CT molecular complexity index is 913. The molecule has 0 aromatic rings. The Morgan fingerprint density at radius 2 is 0.915 bits per heavy atom. The van der Waals surface area contributed by atoms with Crippen molar-refractivity contribution in [2.24, 2.45) is 11.8 Å². The van der Waals surface area contributed by atoms with Crippen LogP contribution < -0.4 is 0 Å². The van der Waals surface area contributed by atoms with Gasteiger partial charge in [-0.25, -0.2) is 4.79 Å². The fraction of sp³-hybridized carbons (Fsp3) is 0.941. The third kappa shape index (κ3) is 31.8. The molecule has 0 aliphatic carbocycles. The lowest BCUT2D eigenvalue weighted by Crippen LogP contribution is -2.42. The Morgan fingerprint density at radius 3 is 1.32 bits per heavy atom. The summed E-state index contributed by atoms with van der Waals surface area (Å²) in [4.78, 5) is 40.3. The number of nitrogens with zero attached hydrogens (tertiary/aromatic N) is 1. The minimum atomic E-state index is -0.487. The van der Waals surface area contributed by atoms with Crippen molar-refractivity contribution in [3.05, 3.63) is 0 Å². The van der Waals surface area contributed by atoms with E-state index in [2.05, 4.69) is 46.7 Å². The van der Waals surface area contributed by atoms with Crippen molar-refractivity contribution in [3.63, 3.8) is 0 Å². The predicted octanol–water partition coefficient (Wildman–Crippen LogP) is 13.9. The fourth-order valence-electron chi connectivity index (χ4n) is 8.68. The molecule has 0 N–H and O–H groups in total. The van der Waals surface area contributed by atoms with Gasteiger partial charge in [-0.2, -0.15) is 0 Å². The van der Waals surface area contributed by atoms with Crippen LogP contribution >= 0.6 is 0 Å². The average molecular weight is 836 g/mol. The van der Waals surface area contributed by atoms with Crippen molar-refractivity contribution in [1.82, 2.24) is 4.90 Å². The normalized spacial score (nSPS) is 15.8. The molecule has 2 unspecified atom stereocenters. The lowest BCUT2D eigenvalue weighted by molar-refractivity contribution is -0.168. The number of rotatable bonds is 41. The van der Waals surface area contributed by atoms with Crippen LogP contribution in [0, 0.1) is 11.8 Å².